The van der Waals surface area contributed by atoms with Crippen LogP contribution < -0.4 is 5.32 Å². The van der Waals surface area contributed by atoms with Gasteiger partial charge in [0.2, 0.25) is 11.8 Å². The Hall–Kier alpha value is -2.67. The minimum atomic E-state index is -0.518. The summed E-state index contributed by atoms with van der Waals surface area (Å²) in [4.78, 5) is 39.6. The van der Waals surface area contributed by atoms with Crippen molar-refractivity contribution in [2.75, 3.05) is 19.8 Å². The molecule has 1 fully saturated rings. The van der Waals surface area contributed by atoms with Crippen LogP contribution in [0.25, 0.3) is 0 Å². The molecule has 1 saturated heterocycles. The predicted octanol–water partition coefficient (Wildman–Crippen LogP) is 2.12. The number of nitrogens with one attached hydrogen (secondary N) is 1. The third-order valence-corrected chi connectivity index (χ3v) is 5.73. The average Bonchev–Trinajstić information content (AvgIpc) is 3.24. The summed E-state index contributed by atoms with van der Waals surface area (Å²) >= 11 is 0. The molecule has 0 aromatic heterocycles. The molecule has 0 unspecified atom stereocenters. The zero-order valence-corrected chi connectivity index (χ0v) is 17.2. The summed E-state index contributed by atoms with van der Waals surface area (Å²) < 4.78 is 5.37. The van der Waals surface area contributed by atoms with E-state index in [1.54, 1.807) is 4.90 Å². The number of ether oxygens (including phenoxy) is 1. The molecule has 0 aliphatic carbocycles. The largest absolute Gasteiger partial charge is 0.463 e. The van der Waals surface area contributed by atoms with Gasteiger partial charge in [0.1, 0.15) is 6.61 Å². The molecule has 1 aromatic rings. The molecule has 2 amide bonds. The van der Waals surface area contributed by atoms with Crippen molar-refractivity contribution < 1.29 is 24.2 Å². The molecule has 0 saturated carbocycles. The van der Waals surface area contributed by atoms with Crippen molar-refractivity contribution in [1.82, 2.24) is 10.2 Å². The first-order chi connectivity index (χ1) is 14.6. The van der Waals surface area contributed by atoms with Crippen LogP contribution in [0, 0.1) is 5.92 Å². The number of carbonyl (C=O) groups is 3. The number of benzene rings is 1. The van der Waals surface area contributed by atoms with E-state index in [9.17, 15) is 19.5 Å². The van der Waals surface area contributed by atoms with Gasteiger partial charge in [-0.1, -0.05) is 42.5 Å². The molecule has 30 heavy (non-hydrogen) atoms. The summed E-state index contributed by atoms with van der Waals surface area (Å²) in [5.41, 5.74) is 0.844. The minimum Gasteiger partial charge on any atom is -0.463 e. The van der Waals surface area contributed by atoms with Crippen molar-refractivity contribution in [3.05, 3.63) is 48.0 Å². The molecular formula is C23H30N2O5. The molecule has 7 heteroatoms. The maximum absolute atomic E-state index is 13.1. The Bertz CT molecular complexity index is 764. The van der Waals surface area contributed by atoms with Crippen LogP contribution in [0.15, 0.2) is 42.5 Å². The lowest BCUT2D eigenvalue weighted by Crippen LogP contribution is -2.42. The lowest BCUT2D eigenvalue weighted by molar-refractivity contribution is -0.145. The molecule has 2 N–H and O–H groups in total. The normalized spacial score (nSPS) is 25.8. The highest BCUT2D eigenvalue weighted by Gasteiger charge is 2.32. The quantitative estimate of drug-likeness (QED) is 0.581. The van der Waals surface area contributed by atoms with Gasteiger partial charge in [-0.3, -0.25) is 14.4 Å². The van der Waals surface area contributed by atoms with Crippen molar-refractivity contribution in [2.45, 2.75) is 50.6 Å². The highest BCUT2D eigenvalue weighted by atomic mass is 16.5. The van der Waals surface area contributed by atoms with E-state index in [1.807, 2.05) is 42.5 Å². The number of esters is 1. The second-order valence-corrected chi connectivity index (χ2v) is 7.87. The number of rotatable bonds is 4. The van der Waals surface area contributed by atoms with Gasteiger partial charge in [-0.2, -0.15) is 0 Å². The lowest BCUT2D eigenvalue weighted by Gasteiger charge is -2.26. The Morgan fingerprint density at radius 3 is 2.77 bits per heavy atom. The first-order valence-electron chi connectivity index (χ1n) is 10.6. The van der Waals surface area contributed by atoms with Gasteiger partial charge >= 0.3 is 5.97 Å². The van der Waals surface area contributed by atoms with E-state index >= 15 is 0 Å². The number of allylic oxidation sites excluding steroid dienone is 2. The lowest BCUT2D eigenvalue weighted by atomic mass is 9.97. The molecule has 0 spiro atoms. The van der Waals surface area contributed by atoms with Crippen molar-refractivity contribution in [3.8, 4) is 0 Å². The molecule has 2 heterocycles. The fourth-order valence-electron chi connectivity index (χ4n) is 3.99. The highest BCUT2D eigenvalue weighted by Crippen LogP contribution is 2.22. The number of carbonyl (C=O) groups excluding carboxylic acids is 3. The molecule has 3 rings (SSSR count). The number of aliphatic hydroxyl groups is 1. The molecule has 2 aliphatic rings. The van der Waals surface area contributed by atoms with Gasteiger partial charge < -0.3 is 20.1 Å². The van der Waals surface area contributed by atoms with Crippen molar-refractivity contribution in [2.24, 2.45) is 5.92 Å². The summed E-state index contributed by atoms with van der Waals surface area (Å²) in [6.45, 7) is 0.623. The SMILES string of the molecule is O=C1CCC=CC[C@H](CC(=O)N2CCC[C@H]2CO)C(=O)N[C@H](c2ccccc2)CO1. The van der Waals surface area contributed by atoms with Crippen LogP contribution in [-0.2, 0) is 19.1 Å². The predicted molar refractivity (Wildman–Crippen MR) is 111 cm³/mol. The monoisotopic (exact) mass is 414 g/mol. The zero-order chi connectivity index (χ0) is 21.3. The molecule has 162 valence electrons. The maximum atomic E-state index is 13.1. The van der Waals surface area contributed by atoms with E-state index < -0.39 is 12.0 Å². The van der Waals surface area contributed by atoms with E-state index in [2.05, 4.69) is 5.32 Å². The fraction of sp³-hybridized carbons (Fsp3) is 0.522. The second kappa shape index (κ2) is 10.9. The first-order valence-corrected chi connectivity index (χ1v) is 10.6. The molecule has 3 atom stereocenters. The Morgan fingerprint density at radius 1 is 1.20 bits per heavy atom. The molecule has 1 aromatic carbocycles. The number of nitrogens with zero attached hydrogens (tertiary/aromatic N) is 1. The van der Waals surface area contributed by atoms with Gasteiger partial charge in [0, 0.05) is 19.4 Å². The van der Waals surface area contributed by atoms with Crippen LogP contribution >= 0.6 is 0 Å². The van der Waals surface area contributed by atoms with E-state index in [4.69, 9.17) is 4.74 Å². The van der Waals surface area contributed by atoms with E-state index in [0.717, 1.165) is 18.4 Å². The topological polar surface area (TPSA) is 95.9 Å². The molecule has 7 nitrogen and oxygen atoms in total. The fourth-order valence-corrected chi connectivity index (χ4v) is 3.99. The zero-order valence-electron chi connectivity index (χ0n) is 17.2. The summed E-state index contributed by atoms with van der Waals surface area (Å²) in [5, 5.41) is 12.5. The van der Waals surface area contributed by atoms with E-state index in [0.29, 0.717) is 19.4 Å². The standard InChI is InChI=1S/C23H30N2O5/c26-15-19-11-7-13-25(19)21(27)14-18-10-5-2-6-12-22(28)30-16-20(24-23(18)29)17-8-3-1-4-9-17/h1-5,8-9,18-20,26H,6-7,10-16H2,(H,24,29)/t18-,19+,20+/m1/s1. The smallest absolute Gasteiger partial charge is 0.306 e. The first kappa shape index (κ1) is 22.0. The Morgan fingerprint density at radius 2 is 2.00 bits per heavy atom. The van der Waals surface area contributed by atoms with Gasteiger partial charge in [0.25, 0.3) is 0 Å². The maximum Gasteiger partial charge on any atom is 0.306 e. The van der Waals surface area contributed by atoms with Gasteiger partial charge in [-0.05, 0) is 31.2 Å². The number of hydrogen-bond donors (Lipinski definition) is 2. The molecule has 0 bridgehead atoms. The summed E-state index contributed by atoms with van der Waals surface area (Å²) in [7, 11) is 0. The van der Waals surface area contributed by atoms with E-state index in [1.165, 1.54) is 0 Å². The van der Waals surface area contributed by atoms with Crippen LogP contribution in [0.5, 0.6) is 0 Å². The van der Waals surface area contributed by atoms with Crippen LogP contribution in [0.4, 0.5) is 0 Å². The van der Waals surface area contributed by atoms with Gasteiger partial charge in [0.15, 0.2) is 0 Å². The number of aliphatic hydroxyl groups excluding tert-OH is 1. The van der Waals surface area contributed by atoms with Gasteiger partial charge in [0.05, 0.1) is 24.6 Å². The molecular weight excluding hydrogens is 384 g/mol. The third-order valence-electron chi connectivity index (χ3n) is 5.73. The molecule has 2 aliphatic heterocycles. The van der Waals surface area contributed by atoms with Crippen LogP contribution in [0.3, 0.4) is 0 Å². The summed E-state index contributed by atoms with van der Waals surface area (Å²) in [5.74, 6) is -1.16. The van der Waals surface area contributed by atoms with Crippen LogP contribution in [0.2, 0.25) is 0 Å². The average molecular weight is 415 g/mol. The number of hydrogen-bond acceptors (Lipinski definition) is 5. The Kier molecular flexibility index (Phi) is 8.02. The van der Waals surface area contributed by atoms with Crippen molar-refractivity contribution >= 4 is 17.8 Å². The summed E-state index contributed by atoms with van der Waals surface area (Å²) in [6, 6.07) is 8.74. The second-order valence-electron chi connectivity index (χ2n) is 7.87. The summed E-state index contributed by atoms with van der Waals surface area (Å²) in [6.07, 6.45) is 6.71. The number of likely N-dealkylation sites (tertiary alicyclic amines) is 1. The van der Waals surface area contributed by atoms with Crippen molar-refractivity contribution in [1.29, 1.82) is 0 Å². The van der Waals surface area contributed by atoms with Gasteiger partial charge in [-0.25, -0.2) is 0 Å². The third kappa shape index (κ3) is 5.92. The number of amides is 2. The number of cyclic esters (lactones) is 1. The van der Waals surface area contributed by atoms with Crippen molar-refractivity contribution in [3.63, 3.8) is 0 Å². The Balaban J connectivity index is 1.75. The van der Waals surface area contributed by atoms with Crippen LogP contribution in [-0.4, -0.2) is 53.6 Å². The Labute approximate surface area is 177 Å². The van der Waals surface area contributed by atoms with Crippen LogP contribution in [0.1, 0.15) is 50.1 Å². The minimum absolute atomic E-state index is 0.0516. The highest BCUT2D eigenvalue weighted by molar-refractivity contribution is 5.86. The van der Waals surface area contributed by atoms with Gasteiger partial charge in [-0.15, -0.1) is 0 Å². The molecule has 0 radical (unpaired) electrons. The van der Waals surface area contributed by atoms with E-state index in [-0.39, 0.29) is 49.9 Å².